The van der Waals surface area contributed by atoms with Crippen molar-refractivity contribution in [1.82, 2.24) is 9.88 Å². The molecule has 1 aromatic heterocycles. The Bertz CT molecular complexity index is 1130. The third-order valence-corrected chi connectivity index (χ3v) is 6.25. The Hall–Kier alpha value is -2.28. The molecular weight excluding hydrogens is 506 g/mol. The molecule has 0 bridgehead atoms. The van der Waals surface area contributed by atoms with E-state index in [9.17, 15) is 0 Å². The van der Waals surface area contributed by atoms with Crippen LogP contribution in [-0.2, 0) is 13.1 Å². The molecule has 0 atom stereocenters. The number of aromatic amines is 1. The fourth-order valence-electron chi connectivity index (χ4n) is 3.51. The Morgan fingerprint density at radius 1 is 0.967 bits per heavy atom. The van der Waals surface area contributed by atoms with Crippen LogP contribution in [0.4, 0.5) is 5.69 Å². The number of aromatic nitrogens is 1. The lowest BCUT2D eigenvalue weighted by atomic mass is 10.1. The van der Waals surface area contributed by atoms with Crippen LogP contribution in [-0.4, -0.2) is 16.4 Å². The maximum Gasteiger partial charge on any atom is 0.155 e. The van der Waals surface area contributed by atoms with Crippen LogP contribution >= 0.6 is 31.9 Å². The molecule has 0 aliphatic carbocycles. The van der Waals surface area contributed by atoms with Gasteiger partial charge in [0, 0.05) is 35.9 Å². The van der Waals surface area contributed by atoms with Crippen molar-refractivity contribution in [1.29, 1.82) is 0 Å². The molecule has 0 radical (unpaired) electrons. The molecule has 30 heavy (non-hydrogen) atoms. The number of hydrogen-bond donors (Lipinski definition) is 2. The predicted molar refractivity (Wildman–Crippen MR) is 131 cm³/mol. The molecule has 154 valence electrons. The van der Waals surface area contributed by atoms with Crippen LogP contribution in [0.25, 0.3) is 10.9 Å². The number of benzene rings is 3. The number of hydrogen-bond acceptors (Lipinski definition) is 3. The van der Waals surface area contributed by atoms with Crippen molar-refractivity contribution in [2.24, 2.45) is 0 Å². The minimum absolute atomic E-state index is 0.669. The van der Waals surface area contributed by atoms with Gasteiger partial charge in [0.15, 0.2) is 5.75 Å². The Morgan fingerprint density at radius 2 is 1.70 bits per heavy atom. The number of rotatable bonds is 7. The Balaban J connectivity index is 1.58. The second-order valence-corrected chi connectivity index (χ2v) is 8.93. The number of anilines is 1. The largest absolute Gasteiger partial charge is 0.455 e. The maximum absolute atomic E-state index is 6.18. The molecule has 4 nitrogen and oxygen atoms in total. The van der Waals surface area contributed by atoms with E-state index < -0.39 is 0 Å². The first-order valence-corrected chi connectivity index (χ1v) is 11.4. The topological polar surface area (TPSA) is 54.3 Å². The molecular formula is C24H23Br2N3O. The first kappa shape index (κ1) is 21.0. The van der Waals surface area contributed by atoms with E-state index in [1.165, 1.54) is 16.5 Å². The van der Waals surface area contributed by atoms with Crippen LogP contribution < -0.4 is 10.5 Å². The number of halogens is 2. The monoisotopic (exact) mass is 527 g/mol. The molecule has 0 fully saturated rings. The highest BCUT2D eigenvalue weighted by atomic mass is 79.9. The highest BCUT2D eigenvalue weighted by Crippen LogP contribution is 2.39. The lowest BCUT2D eigenvalue weighted by molar-refractivity contribution is 0.272. The van der Waals surface area contributed by atoms with E-state index in [-0.39, 0.29) is 0 Å². The number of H-pyrrole nitrogens is 1. The summed E-state index contributed by atoms with van der Waals surface area (Å²) in [5.41, 5.74) is 10.2. The molecule has 0 aliphatic heterocycles. The quantitative estimate of drug-likeness (QED) is 0.252. The van der Waals surface area contributed by atoms with Crippen molar-refractivity contribution in [3.05, 3.63) is 86.9 Å². The summed E-state index contributed by atoms with van der Waals surface area (Å²) in [4.78, 5) is 5.81. The molecule has 6 heteroatoms. The lowest BCUT2D eigenvalue weighted by Crippen LogP contribution is -2.22. The van der Waals surface area contributed by atoms with E-state index in [2.05, 4.69) is 97.3 Å². The van der Waals surface area contributed by atoms with Crippen molar-refractivity contribution in [2.45, 2.75) is 20.0 Å². The van der Waals surface area contributed by atoms with Gasteiger partial charge in [-0.05, 0) is 79.9 Å². The number of ether oxygens (including phenoxy) is 1. The first-order chi connectivity index (χ1) is 14.5. The molecule has 0 amide bonds. The minimum Gasteiger partial charge on any atom is -0.455 e. The van der Waals surface area contributed by atoms with E-state index in [0.29, 0.717) is 11.4 Å². The van der Waals surface area contributed by atoms with Crippen LogP contribution in [0.1, 0.15) is 18.1 Å². The van der Waals surface area contributed by atoms with Crippen molar-refractivity contribution in [2.75, 3.05) is 12.3 Å². The third kappa shape index (κ3) is 4.72. The fourth-order valence-corrected chi connectivity index (χ4v) is 4.89. The molecule has 0 saturated carbocycles. The van der Waals surface area contributed by atoms with E-state index in [4.69, 9.17) is 10.5 Å². The number of nitrogens with one attached hydrogen (secondary N) is 1. The minimum atomic E-state index is 0.669. The average molecular weight is 529 g/mol. The fraction of sp³-hybridized carbons (Fsp3) is 0.167. The van der Waals surface area contributed by atoms with Gasteiger partial charge in [-0.25, -0.2) is 0 Å². The predicted octanol–water partition coefficient (Wildman–Crippen LogP) is 7.09. The standard InChI is InChI=1S/C24H23Br2N3O/c1-2-29(14-16-6-4-3-5-7-16)15-17-13-28-23-9-8-19(12-20(17)23)30-24-21(25)10-18(27)11-22(24)26/h3-13,28H,2,14-15,27H2,1H3. The molecule has 1 heterocycles. The summed E-state index contributed by atoms with van der Waals surface area (Å²) in [6, 6.07) is 20.4. The number of nitrogens with two attached hydrogens (primary N) is 1. The molecule has 4 rings (SSSR count). The van der Waals surface area contributed by atoms with Gasteiger partial charge in [0.25, 0.3) is 0 Å². The van der Waals surface area contributed by atoms with Gasteiger partial charge in [-0.2, -0.15) is 0 Å². The Morgan fingerprint density at radius 3 is 2.40 bits per heavy atom. The molecule has 0 spiro atoms. The third-order valence-electron chi connectivity index (χ3n) is 5.07. The summed E-state index contributed by atoms with van der Waals surface area (Å²) in [5.74, 6) is 1.49. The van der Waals surface area contributed by atoms with Crippen molar-refractivity contribution in [3.63, 3.8) is 0 Å². The first-order valence-electron chi connectivity index (χ1n) is 9.82. The van der Waals surface area contributed by atoms with Gasteiger partial charge >= 0.3 is 0 Å². The second kappa shape index (κ2) is 9.25. The molecule has 0 unspecified atom stereocenters. The summed E-state index contributed by atoms with van der Waals surface area (Å²) in [6.07, 6.45) is 2.09. The van der Waals surface area contributed by atoms with E-state index >= 15 is 0 Å². The van der Waals surface area contributed by atoms with E-state index in [1.807, 2.05) is 18.2 Å². The van der Waals surface area contributed by atoms with Gasteiger partial charge < -0.3 is 15.5 Å². The lowest BCUT2D eigenvalue weighted by Gasteiger charge is -2.20. The molecule has 4 aromatic rings. The highest BCUT2D eigenvalue weighted by molar-refractivity contribution is 9.11. The van der Waals surface area contributed by atoms with Crippen LogP contribution in [0.15, 0.2) is 75.8 Å². The van der Waals surface area contributed by atoms with Crippen LogP contribution in [0.3, 0.4) is 0 Å². The summed E-state index contributed by atoms with van der Waals surface area (Å²) in [5, 5.41) is 1.17. The van der Waals surface area contributed by atoms with Gasteiger partial charge in [-0.3, -0.25) is 4.90 Å². The zero-order chi connectivity index (χ0) is 21.1. The zero-order valence-corrected chi connectivity index (χ0v) is 19.8. The zero-order valence-electron chi connectivity index (χ0n) is 16.7. The van der Waals surface area contributed by atoms with Gasteiger partial charge in [0.05, 0.1) is 8.95 Å². The summed E-state index contributed by atoms with van der Waals surface area (Å²) >= 11 is 7.08. The van der Waals surface area contributed by atoms with Gasteiger partial charge in [0.2, 0.25) is 0 Å². The van der Waals surface area contributed by atoms with Gasteiger partial charge in [0.1, 0.15) is 5.75 Å². The summed E-state index contributed by atoms with van der Waals surface area (Å²) in [6.45, 7) is 4.96. The second-order valence-electron chi connectivity index (χ2n) is 7.23. The van der Waals surface area contributed by atoms with Crippen molar-refractivity contribution in [3.8, 4) is 11.5 Å². The van der Waals surface area contributed by atoms with Crippen LogP contribution in [0, 0.1) is 0 Å². The number of nitrogen functional groups attached to an aromatic ring is 1. The summed E-state index contributed by atoms with van der Waals surface area (Å²) in [7, 11) is 0. The highest BCUT2D eigenvalue weighted by Gasteiger charge is 2.13. The molecule has 0 aliphatic rings. The molecule has 3 N–H and O–H groups in total. The Labute approximate surface area is 193 Å². The molecule has 3 aromatic carbocycles. The molecule has 0 saturated heterocycles. The smallest absolute Gasteiger partial charge is 0.155 e. The summed E-state index contributed by atoms with van der Waals surface area (Å²) < 4.78 is 7.80. The van der Waals surface area contributed by atoms with Crippen molar-refractivity contribution < 1.29 is 4.74 Å². The normalized spacial score (nSPS) is 11.3. The van der Waals surface area contributed by atoms with Gasteiger partial charge in [-0.15, -0.1) is 0 Å². The number of nitrogens with zero attached hydrogens (tertiary/aromatic N) is 1. The van der Waals surface area contributed by atoms with Crippen LogP contribution in [0.5, 0.6) is 11.5 Å². The van der Waals surface area contributed by atoms with Gasteiger partial charge in [-0.1, -0.05) is 37.3 Å². The van der Waals surface area contributed by atoms with Crippen molar-refractivity contribution >= 4 is 48.5 Å². The number of fused-ring (bicyclic) bond motifs is 1. The average Bonchev–Trinajstić information content (AvgIpc) is 3.13. The Kier molecular flexibility index (Phi) is 6.46. The van der Waals surface area contributed by atoms with E-state index in [0.717, 1.165) is 39.8 Å². The SMILES string of the molecule is CCN(Cc1ccccc1)Cc1c[nH]c2ccc(Oc3c(Br)cc(N)cc3Br)cc12. The van der Waals surface area contributed by atoms with E-state index in [1.54, 1.807) is 0 Å². The maximum atomic E-state index is 6.18. The van der Waals surface area contributed by atoms with Crippen LogP contribution in [0.2, 0.25) is 0 Å².